The predicted molar refractivity (Wildman–Crippen MR) is 230 cm³/mol. The van der Waals surface area contributed by atoms with E-state index in [1.165, 1.54) is 74.5 Å². The van der Waals surface area contributed by atoms with Crippen LogP contribution in [0.2, 0.25) is 0 Å². The third-order valence-electron chi connectivity index (χ3n) is 14.3. The first kappa shape index (κ1) is 30.7. The van der Waals surface area contributed by atoms with Crippen molar-refractivity contribution >= 4 is 70.5 Å². The largest absolute Gasteiger partial charge is 0.456 e. The number of fused-ring (bicyclic) bond motifs is 9. The second-order valence-electron chi connectivity index (χ2n) is 16.9. The molecule has 0 saturated heterocycles. The van der Waals surface area contributed by atoms with Crippen LogP contribution in [0.3, 0.4) is 0 Å². The molecule has 2 aromatic heterocycles. The fourth-order valence-electron chi connectivity index (χ4n) is 12.3. The molecule has 2 nitrogen and oxygen atoms in total. The quantitative estimate of drug-likeness (QED) is 0.180. The molecule has 5 aliphatic carbocycles. The van der Waals surface area contributed by atoms with E-state index in [0.29, 0.717) is 0 Å². The molecular formula is C52H39NOS. The Morgan fingerprint density at radius 1 is 0.455 bits per heavy atom. The predicted octanol–water partition coefficient (Wildman–Crippen LogP) is 14.8. The zero-order valence-electron chi connectivity index (χ0n) is 30.5. The Balaban J connectivity index is 0.941. The second-order valence-corrected chi connectivity index (χ2v) is 18.0. The molecule has 3 heteroatoms. The zero-order chi connectivity index (χ0) is 35.8. The highest BCUT2D eigenvalue weighted by molar-refractivity contribution is 7.25. The summed E-state index contributed by atoms with van der Waals surface area (Å²) in [5, 5.41) is 4.90. The number of thiophene rings is 1. The van der Waals surface area contributed by atoms with E-state index in [9.17, 15) is 0 Å². The van der Waals surface area contributed by atoms with Gasteiger partial charge in [0.05, 0.1) is 0 Å². The molecule has 55 heavy (non-hydrogen) atoms. The molecule has 2 heterocycles. The third-order valence-corrected chi connectivity index (χ3v) is 15.4. The Hall–Kier alpha value is -5.64. The molecule has 0 atom stereocenters. The molecule has 0 amide bonds. The van der Waals surface area contributed by atoms with Gasteiger partial charge in [-0.25, -0.2) is 0 Å². The monoisotopic (exact) mass is 725 g/mol. The lowest BCUT2D eigenvalue weighted by Gasteiger charge is -2.61. The van der Waals surface area contributed by atoms with Gasteiger partial charge in [-0.1, -0.05) is 84.9 Å². The van der Waals surface area contributed by atoms with E-state index >= 15 is 0 Å². The minimum atomic E-state index is 0.172. The van der Waals surface area contributed by atoms with Gasteiger partial charge in [0.1, 0.15) is 11.2 Å². The van der Waals surface area contributed by atoms with Gasteiger partial charge in [-0.3, -0.25) is 0 Å². The lowest BCUT2D eigenvalue weighted by molar-refractivity contribution is -0.0399. The van der Waals surface area contributed by atoms with Gasteiger partial charge in [-0.05, 0) is 150 Å². The maximum Gasteiger partial charge on any atom is 0.137 e. The molecule has 4 saturated carbocycles. The Morgan fingerprint density at radius 2 is 1.09 bits per heavy atom. The van der Waals surface area contributed by atoms with Crippen LogP contribution in [0.15, 0.2) is 156 Å². The van der Waals surface area contributed by atoms with E-state index in [-0.39, 0.29) is 5.41 Å². The topological polar surface area (TPSA) is 16.4 Å². The summed E-state index contributed by atoms with van der Waals surface area (Å²) in [7, 11) is 0. The molecule has 4 fully saturated rings. The molecule has 0 aliphatic heterocycles. The SMILES string of the molecule is c1ccc2c(c1)-c1ccc(-c3ccc(N(c4ccc5c(c4)oc4ccccc45)c4ccc5sc6ccccc6c5c4)cc3)cc1C21C2CC3CC(C2)CC1C3. The Kier molecular flexibility index (Phi) is 6.25. The summed E-state index contributed by atoms with van der Waals surface area (Å²) in [5.74, 6) is 3.41. The van der Waals surface area contributed by atoms with Crippen molar-refractivity contribution in [2.24, 2.45) is 23.7 Å². The van der Waals surface area contributed by atoms with Crippen LogP contribution in [0.4, 0.5) is 17.1 Å². The zero-order valence-corrected chi connectivity index (χ0v) is 31.4. The fraction of sp³-hybridized carbons (Fsp3) is 0.192. The van der Waals surface area contributed by atoms with E-state index in [0.717, 1.165) is 62.7 Å². The molecule has 4 bridgehead atoms. The van der Waals surface area contributed by atoms with E-state index in [1.54, 1.807) is 11.1 Å². The van der Waals surface area contributed by atoms with Crippen LogP contribution >= 0.6 is 11.3 Å². The van der Waals surface area contributed by atoms with E-state index in [1.807, 2.05) is 17.4 Å². The molecule has 9 aromatic rings. The molecule has 1 spiro atoms. The molecular weight excluding hydrogens is 687 g/mol. The van der Waals surface area contributed by atoms with Crippen molar-refractivity contribution in [2.75, 3.05) is 4.90 Å². The highest BCUT2D eigenvalue weighted by atomic mass is 32.1. The normalized spacial score (nSPS) is 23.3. The van der Waals surface area contributed by atoms with Gasteiger partial charge in [0, 0.05) is 59.5 Å². The summed E-state index contributed by atoms with van der Waals surface area (Å²) in [6.07, 6.45) is 7.10. The van der Waals surface area contributed by atoms with Crippen molar-refractivity contribution in [2.45, 2.75) is 37.5 Å². The molecule has 5 aliphatic rings. The van der Waals surface area contributed by atoms with Crippen molar-refractivity contribution < 1.29 is 4.42 Å². The van der Waals surface area contributed by atoms with Crippen molar-refractivity contribution in [1.82, 2.24) is 0 Å². The highest BCUT2D eigenvalue weighted by Gasteiger charge is 2.61. The maximum absolute atomic E-state index is 6.43. The summed E-state index contributed by atoms with van der Waals surface area (Å²) in [5.41, 5.74) is 14.1. The van der Waals surface area contributed by atoms with Crippen molar-refractivity contribution in [3.63, 3.8) is 0 Å². The summed E-state index contributed by atoms with van der Waals surface area (Å²) < 4.78 is 9.06. The molecule has 0 N–H and O–H groups in total. The smallest absolute Gasteiger partial charge is 0.137 e. The standard InChI is InChI=1S/C52H39NOS/c1-4-10-46-40(7-1)41-20-15-34(28-47(41)52(46)35-24-31-23-32(26-35)27-36(52)25-31)33-13-16-37(17-14-33)53(38-19-22-51-45(29-38)44-9-3-6-12-50(44)55-51)39-18-21-43-42-8-2-5-11-48(42)54-49(43)30-39/h1-22,28-32,35-36H,23-27H2. The number of hydrogen-bond acceptors (Lipinski definition) is 3. The lowest BCUT2D eigenvalue weighted by Crippen LogP contribution is -2.55. The summed E-state index contributed by atoms with van der Waals surface area (Å²) >= 11 is 1.86. The molecule has 14 rings (SSSR count). The molecule has 264 valence electrons. The highest BCUT2D eigenvalue weighted by Crippen LogP contribution is 2.69. The van der Waals surface area contributed by atoms with Crippen molar-refractivity contribution in [1.29, 1.82) is 0 Å². The molecule has 7 aromatic carbocycles. The maximum atomic E-state index is 6.43. The van der Waals surface area contributed by atoms with Crippen LogP contribution in [0, 0.1) is 23.7 Å². The third kappa shape index (κ3) is 4.25. The van der Waals surface area contributed by atoms with E-state index < -0.39 is 0 Å². The van der Waals surface area contributed by atoms with Gasteiger partial charge >= 0.3 is 0 Å². The van der Waals surface area contributed by atoms with Gasteiger partial charge in [0.15, 0.2) is 0 Å². The van der Waals surface area contributed by atoms with Gasteiger partial charge in [0.2, 0.25) is 0 Å². The number of furan rings is 1. The Bertz CT molecular complexity index is 2990. The van der Waals surface area contributed by atoms with Crippen LogP contribution in [0.5, 0.6) is 0 Å². The lowest BCUT2D eigenvalue weighted by atomic mass is 9.43. The first-order valence-corrected chi connectivity index (χ1v) is 21.0. The number of rotatable bonds is 4. The van der Waals surface area contributed by atoms with Gasteiger partial charge in [-0.15, -0.1) is 11.3 Å². The van der Waals surface area contributed by atoms with Gasteiger partial charge in [0.25, 0.3) is 0 Å². The summed E-state index contributed by atoms with van der Waals surface area (Å²) in [6, 6.07) is 56.9. The number of anilines is 3. The first-order valence-electron chi connectivity index (χ1n) is 20.2. The Labute approximate surface area is 324 Å². The average Bonchev–Trinajstić information content (AvgIpc) is 3.88. The summed E-state index contributed by atoms with van der Waals surface area (Å²) in [4.78, 5) is 2.39. The van der Waals surface area contributed by atoms with Crippen LogP contribution in [0.1, 0.15) is 43.2 Å². The Morgan fingerprint density at radius 3 is 1.95 bits per heavy atom. The number of nitrogens with zero attached hydrogens (tertiary/aromatic N) is 1. The first-order chi connectivity index (χ1) is 27.2. The van der Waals surface area contributed by atoms with Crippen LogP contribution < -0.4 is 4.90 Å². The second kappa shape index (κ2) is 11.2. The minimum absolute atomic E-state index is 0.172. The van der Waals surface area contributed by atoms with Crippen molar-refractivity contribution in [3.8, 4) is 22.3 Å². The average molecular weight is 726 g/mol. The van der Waals surface area contributed by atoms with Crippen LogP contribution in [-0.4, -0.2) is 0 Å². The number of para-hydroxylation sites is 1. The molecule has 0 unspecified atom stereocenters. The van der Waals surface area contributed by atoms with Crippen molar-refractivity contribution in [3.05, 3.63) is 163 Å². The van der Waals surface area contributed by atoms with Crippen LogP contribution in [-0.2, 0) is 5.41 Å². The van der Waals surface area contributed by atoms with E-state index in [2.05, 4.69) is 150 Å². The van der Waals surface area contributed by atoms with Gasteiger partial charge < -0.3 is 9.32 Å². The molecule has 0 radical (unpaired) electrons. The number of hydrogen-bond donors (Lipinski definition) is 0. The van der Waals surface area contributed by atoms with E-state index in [4.69, 9.17) is 4.42 Å². The summed E-state index contributed by atoms with van der Waals surface area (Å²) in [6.45, 7) is 0. The van der Waals surface area contributed by atoms with Crippen LogP contribution in [0.25, 0.3) is 64.4 Å². The minimum Gasteiger partial charge on any atom is -0.456 e. The van der Waals surface area contributed by atoms with Gasteiger partial charge in [-0.2, -0.15) is 0 Å². The number of benzene rings is 7. The fourth-order valence-corrected chi connectivity index (χ4v) is 13.4.